The Labute approximate surface area is 222 Å². The Morgan fingerprint density at radius 2 is 1.37 bits per heavy atom. The summed E-state index contributed by atoms with van der Waals surface area (Å²) in [5.74, 6) is -0.236. The maximum absolute atomic E-state index is 12.9. The van der Waals surface area contributed by atoms with Gasteiger partial charge in [-0.25, -0.2) is 9.67 Å². The zero-order valence-corrected chi connectivity index (χ0v) is 23.0. The van der Waals surface area contributed by atoms with Crippen molar-refractivity contribution in [2.24, 2.45) is 0 Å². The third-order valence-electron chi connectivity index (χ3n) is 4.18. The fourth-order valence-electron chi connectivity index (χ4n) is 2.83. The van der Waals surface area contributed by atoms with Crippen molar-refractivity contribution in [1.29, 1.82) is 0 Å². The van der Waals surface area contributed by atoms with E-state index < -0.39 is 0 Å². The Bertz CT molecular complexity index is 1250. The van der Waals surface area contributed by atoms with Crippen LogP contribution >= 0.6 is 34.5 Å². The SMILES string of the molecule is C.CC.CC.CC.Cc1nc2c(=O)n(CC(=O)c3ccc(Cl)cc3)nc(-c3ccc(Cl)cc3)c2s1. The molecule has 0 bridgehead atoms. The number of hydrogen-bond donors (Lipinski definition) is 0. The second-order valence-corrected chi connectivity index (χ2v) is 8.24. The van der Waals surface area contributed by atoms with Crippen LogP contribution in [-0.2, 0) is 6.54 Å². The van der Waals surface area contributed by atoms with E-state index in [1.807, 2.05) is 60.6 Å². The zero-order chi connectivity index (χ0) is 25.8. The number of benzene rings is 2. The summed E-state index contributed by atoms with van der Waals surface area (Å²) < 4.78 is 1.86. The summed E-state index contributed by atoms with van der Waals surface area (Å²) in [6, 6.07) is 13.7. The first-order chi connectivity index (χ1) is 16.4. The number of fused-ring (bicyclic) bond motifs is 1. The molecular weight excluding hydrogens is 501 g/mol. The first kappa shape index (κ1) is 32.5. The normalized spacial score (nSPS) is 9.40. The lowest BCUT2D eigenvalue weighted by atomic mass is 10.1. The Hall–Kier alpha value is -2.54. The third kappa shape index (κ3) is 8.27. The van der Waals surface area contributed by atoms with E-state index in [4.69, 9.17) is 23.2 Å². The minimum Gasteiger partial charge on any atom is -0.292 e. The minimum atomic E-state index is -0.389. The van der Waals surface area contributed by atoms with Gasteiger partial charge in [-0.05, 0) is 43.3 Å². The molecule has 2 aromatic carbocycles. The van der Waals surface area contributed by atoms with Crippen LogP contribution in [0.2, 0.25) is 10.0 Å². The monoisotopic (exact) mass is 535 g/mol. The Morgan fingerprint density at radius 3 is 1.89 bits per heavy atom. The van der Waals surface area contributed by atoms with Gasteiger partial charge in [0.2, 0.25) is 0 Å². The Balaban J connectivity index is 0.00000154. The summed E-state index contributed by atoms with van der Waals surface area (Å²) in [5.41, 5.74) is 1.78. The molecule has 4 aromatic rings. The number of carbonyl (C=O) groups excluding carboxylic acids is 1. The number of Topliss-reactive ketones (excluding diaryl/α,β-unsaturated/α-hetero) is 1. The maximum atomic E-state index is 12.9. The number of nitrogens with zero attached hydrogens (tertiary/aromatic N) is 3. The number of halogens is 2. The minimum absolute atomic E-state index is 0. The molecule has 2 aromatic heterocycles. The van der Waals surface area contributed by atoms with Crippen molar-refractivity contribution in [2.45, 2.75) is 62.4 Å². The number of hydrogen-bond acceptors (Lipinski definition) is 5. The van der Waals surface area contributed by atoms with Gasteiger partial charge in [0.15, 0.2) is 11.3 Å². The summed E-state index contributed by atoms with van der Waals surface area (Å²) in [7, 11) is 0. The van der Waals surface area contributed by atoms with E-state index in [1.54, 1.807) is 36.4 Å². The molecule has 0 fully saturated rings. The molecule has 0 atom stereocenters. The summed E-state index contributed by atoms with van der Waals surface area (Å²) in [6.07, 6.45) is 0. The van der Waals surface area contributed by atoms with E-state index >= 15 is 0 Å². The van der Waals surface area contributed by atoms with Crippen LogP contribution in [-0.4, -0.2) is 20.5 Å². The fraction of sp³-hybridized carbons (Fsp3) is 0.333. The molecule has 0 amide bonds. The highest BCUT2D eigenvalue weighted by Crippen LogP contribution is 2.30. The van der Waals surface area contributed by atoms with Crippen molar-refractivity contribution in [1.82, 2.24) is 14.8 Å². The largest absolute Gasteiger partial charge is 0.294 e. The van der Waals surface area contributed by atoms with Gasteiger partial charge in [0.1, 0.15) is 12.2 Å². The van der Waals surface area contributed by atoms with Gasteiger partial charge < -0.3 is 0 Å². The summed E-state index contributed by atoms with van der Waals surface area (Å²) >= 11 is 13.3. The molecule has 2 heterocycles. The highest BCUT2D eigenvalue weighted by molar-refractivity contribution is 7.19. The van der Waals surface area contributed by atoms with Crippen LogP contribution in [0.3, 0.4) is 0 Å². The Kier molecular flexibility index (Phi) is 15.0. The van der Waals surface area contributed by atoms with Gasteiger partial charge in [-0.3, -0.25) is 9.59 Å². The average Bonchev–Trinajstić information content (AvgIpc) is 3.27. The van der Waals surface area contributed by atoms with E-state index in [-0.39, 0.29) is 25.3 Å². The van der Waals surface area contributed by atoms with Crippen LogP contribution in [0.4, 0.5) is 0 Å². The predicted octanol–water partition coefficient (Wildman–Crippen LogP) is 8.73. The summed E-state index contributed by atoms with van der Waals surface area (Å²) in [4.78, 5) is 29.8. The highest BCUT2D eigenvalue weighted by atomic mass is 35.5. The number of aryl methyl sites for hydroxylation is 1. The van der Waals surface area contributed by atoms with Crippen LogP contribution in [0.1, 0.15) is 64.3 Å². The molecule has 5 nitrogen and oxygen atoms in total. The van der Waals surface area contributed by atoms with Crippen LogP contribution < -0.4 is 5.56 Å². The lowest BCUT2D eigenvalue weighted by Gasteiger charge is -2.08. The molecule has 0 radical (unpaired) electrons. The van der Waals surface area contributed by atoms with Crippen LogP contribution in [0, 0.1) is 6.92 Å². The average molecular weight is 537 g/mol. The van der Waals surface area contributed by atoms with Crippen molar-refractivity contribution in [3.05, 3.63) is 79.5 Å². The van der Waals surface area contributed by atoms with Crippen molar-refractivity contribution in [2.75, 3.05) is 0 Å². The molecule has 4 rings (SSSR count). The molecular formula is C27H35Cl2N3O2S. The van der Waals surface area contributed by atoms with E-state index in [0.717, 1.165) is 10.6 Å². The second-order valence-electron chi connectivity index (χ2n) is 6.16. The maximum Gasteiger partial charge on any atom is 0.294 e. The molecule has 35 heavy (non-hydrogen) atoms. The quantitative estimate of drug-likeness (QED) is 0.245. The highest BCUT2D eigenvalue weighted by Gasteiger charge is 2.18. The van der Waals surface area contributed by atoms with Gasteiger partial charge in [-0.15, -0.1) is 11.3 Å². The van der Waals surface area contributed by atoms with Gasteiger partial charge in [0.25, 0.3) is 5.56 Å². The Morgan fingerprint density at radius 1 is 0.886 bits per heavy atom. The number of rotatable bonds is 4. The molecule has 190 valence electrons. The molecule has 0 aliphatic carbocycles. The molecule has 0 aliphatic heterocycles. The lowest BCUT2D eigenvalue weighted by molar-refractivity contribution is 0.0966. The van der Waals surface area contributed by atoms with Crippen molar-refractivity contribution in [3.8, 4) is 11.3 Å². The summed E-state index contributed by atoms with van der Waals surface area (Å²) in [5, 5.41) is 6.38. The first-order valence-electron chi connectivity index (χ1n) is 11.4. The van der Waals surface area contributed by atoms with Crippen molar-refractivity contribution >= 4 is 50.5 Å². The standard InChI is InChI=1S/C20H13Cl2N3O2S.3C2H6.CH4/c1-11-23-18-19(28-11)17(13-4-8-15(22)9-5-13)24-25(20(18)27)10-16(26)12-2-6-14(21)7-3-12;3*1-2;/h2-9H,10H2,1H3;3*1-2H3;1H4. The second kappa shape index (κ2) is 16.2. The van der Waals surface area contributed by atoms with E-state index in [9.17, 15) is 9.59 Å². The number of ketones is 1. The van der Waals surface area contributed by atoms with Gasteiger partial charge in [-0.1, -0.05) is 84.3 Å². The van der Waals surface area contributed by atoms with Crippen molar-refractivity contribution in [3.63, 3.8) is 0 Å². The molecule has 0 aliphatic rings. The lowest BCUT2D eigenvalue weighted by Crippen LogP contribution is -2.27. The van der Waals surface area contributed by atoms with Gasteiger partial charge in [0, 0.05) is 21.2 Å². The van der Waals surface area contributed by atoms with E-state index in [1.165, 1.54) is 16.0 Å². The molecule has 8 heteroatoms. The molecule has 0 spiro atoms. The first-order valence-corrected chi connectivity index (χ1v) is 12.9. The molecule has 0 unspecified atom stereocenters. The van der Waals surface area contributed by atoms with E-state index in [0.29, 0.717) is 31.5 Å². The molecule has 0 saturated heterocycles. The van der Waals surface area contributed by atoms with Gasteiger partial charge in [0.05, 0.1) is 9.71 Å². The zero-order valence-electron chi connectivity index (χ0n) is 20.6. The van der Waals surface area contributed by atoms with Gasteiger partial charge in [-0.2, -0.15) is 5.10 Å². The fourth-order valence-corrected chi connectivity index (χ4v) is 4.00. The molecule has 0 N–H and O–H groups in total. The van der Waals surface area contributed by atoms with Crippen LogP contribution in [0.15, 0.2) is 53.3 Å². The predicted molar refractivity (Wildman–Crippen MR) is 153 cm³/mol. The summed E-state index contributed by atoms with van der Waals surface area (Å²) in [6.45, 7) is 13.6. The number of aromatic nitrogens is 3. The third-order valence-corrected chi connectivity index (χ3v) is 5.67. The number of thiazole rings is 1. The smallest absolute Gasteiger partial charge is 0.292 e. The van der Waals surface area contributed by atoms with Gasteiger partial charge >= 0.3 is 0 Å². The van der Waals surface area contributed by atoms with Crippen LogP contribution in [0.25, 0.3) is 21.5 Å². The van der Waals surface area contributed by atoms with Crippen LogP contribution in [0.5, 0.6) is 0 Å². The topological polar surface area (TPSA) is 64.8 Å². The number of carbonyl (C=O) groups is 1. The van der Waals surface area contributed by atoms with Crippen molar-refractivity contribution < 1.29 is 4.79 Å². The molecule has 0 saturated carbocycles. The van der Waals surface area contributed by atoms with E-state index in [2.05, 4.69) is 10.1 Å².